The lowest BCUT2D eigenvalue weighted by Gasteiger charge is -2.20. The summed E-state index contributed by atoms with van der Waals surface area (Å²) >= 11 is 1.75. The quantitative estimate of drug-likeness (QED) is 0.413. The van der Waals surface area contributed by atoms with E-state index in [1.54, 1.807) is 18.4 Å². The van der Waals surface area contributed by atoms with Gasteiger partial charge in [0.25, 0.3) is 0 Å². The number of carbonyl (C=O) groups is 1. The molecule has 0 aliphatic carbocycles. The van der Waals surface area contributed by atoms with Gasteiger partial charge in [-0.05, 0) is 49.2 Å². The van der Waals surface area contributed by atoms with E-state index in [1.807, 2.05) is 53.8 Å². The summed E-state index contributed by atoms with van der Waals surface area (Å²) in [4.78, 5) is 21.3. The summed E-state index contributed by atoms with van der Waals surface area (Å²) in [7, 11) is 1.68. The minimum absolute atomic E-state index is 0.0876. The first-order chi connectivity index (χ1) is 16.5. The van der Waals surface area contributed by atoms with Gasteiger partial charge in [0.1, 0.15) is 12.3 Å². The first kappa shape index (κ1) is 22.3. The van der Waals surface area contributed by atoms with Crippen LogP contribution >= 0.6 is 11.3 Å². The molecule has 0 saturated carbocycles. The lowest BCUT2D eigenvalue weighted by Crippen LogP contribution is -2.36. The summed E-state index contributed by atoms with van der Waals surface area (Å²) in [5.74, 6) is 0.936. The maximum absolute atomic E-state index is 13.4. The third-order valence-corrected chi connectivity index (χ3v) is 7.36. The van der Waals surface area contributed by atoms with Crippen LogP contribution in [0.2, 0.25) is 0 Å². The first-order valence-electron chi connectivity index (χ1n) is 11.5. The van der Waals surface area contributed by atoms with Crippen molar-refractivity contribution in [2.45, 2.75) is 33.2 Å². The number of hydrogen-bond donors (Lipinski definition) is 0. The van der Waals surface area contributed by atoms with Gasteiger partial charge in [-0.15, -0.1) is 11.3 Å². The van der Waals surface area contributed by atoms with Gasteiger partial charge < -0.3 is 9.64 Å². The number of benzene rings is 2. The fraction of sp³-hybridized carbons (Fsp3) is 0.296. The fourth-order valence-corrected chi connectivity index (χ4v) is 5.50. The average Bonchev–Trinajstić information content (AvgIpc) is 3.36. The molecule has 0 spiro atoms. The lowest BCUT2D eigenvalue weighted by atomic mass is 10.1. The highest BCUT2D eigenvalue weighted by Crippen LogP contribution is 2.30. The molecule has 0 bridgehead atoms. The molecule has 1 amide bonds. The van der Waals surface area contributed by atoms with Crippen molar-refractivity contribution in [1.29, 1.82) is 0 Å². The molecule has 0 unspecified atom stereocenters. The second kappa shape index (κ2) is 9.43. The maximum Gasteiger partial charge on any atom is 0.244 e. The molecule has 6 nitrogen and oxygen atoms in total. The molecule has 0 N–H and O–H groups in total. The van der Waals surface area contributed by atoms with Crippen molar-refractivity contribution in [2.75, 3.05) is 20.2 Å². The largest absolute Gasteiger partial charge is 0.496 e. The summed E-state index contributed by atoms with van der Waals surface area (Å²) in [6.45, 7) is 5.70. The molecule has 174 valence electrons. The highest BCUT2D eigenvalue weighted by atomic mass is 32.1. The van der Waals surface area contributed by atoms with Crippen LogP contribution in [0.3, 0.4) is 0 Å². The zero-order valence-electron chi connectivity index (χ0n) is 19.7. The molecule has 3 heterocycles. The monoisotopic (exact) mass is 472 g/mol. The summed E-state index contributed by atoms with van der Waals surface area (Å²) in [5, 5.41) is 5.98. The normalized spacial score (nSPS) is 13.4. The van der Waals surface area contributed by atoms with E-state index in [0.29, 0.717) is 6.54 Å². The number of amides is 1. The smallest absolute Gasteiger partial charge is 0.244 e. The van der Waals surface area contributed by atoms with E-state index in [4.69, 9.17) is 9.84 Å². The molecule has 1 aliphatic heterocycles. The van der Waals surface area contributed by atoms with Crippen LogP contribution in [0.15, 0.2) is 54.6 Å². The predicted molar refractivity (Wildman–Crippen MR) is 135 cm³/mol. The van der Waals surface area contributed by atoms with Gasteiger partial charge in [-0.3, -0.25) is 9.48 Å². The predicted octanol–water partition coefficient (Wildman–Crippen LogP) is 4.93. The molecule has 0 saturated heterocycles. The summed E-state index contributed by atoms with van der Waals surface area (Å²) < 4.78 is 7.25. The number of aromatic nitrogens is 3. The van der Waals surface area contributed by atoms with E-state index in [0.717, 1.165) is 63.9 Å². The Labute approximate surface area is 203 Å². The number of nitrogens with zero attached hydrogens (tertiary/aromatic N) is 4. The first-order valence-corrected chi connectivity index (χ1v) is 12.3. The number of ether oxygens (including phenoxy) is 1. The van der Waals surface area contributed by atoms with Crippen molar-refractivity contribution in [1.82, 2.24) is 19.7 Å². The number of thiazole rings is 1. The van der Waals surface area contributed by atoms with Crippen molar-refractivity contribution < 1.29 is 9.53 Å². The molecule has 0 atom stereocenters. The SMILES string of the molecule is COc1ccc(-c2cc(-c3ccccc3)n(CC(=O)N3CCc4nc(C)sc4CC3)n2)cc1C. The van der Waals surface area contributed by atoms with Gasteiger partial charge in [-0.1, -0.05) is 30.3 Å². The number of methoxy groups -OCH3 is 1. The van der Waals surface area contributed by atoms with E-state index in [1.165, 1.54) is 4.88 Å². The van der Waals surface area contributed by atoms with E-state index >= 15 is 0 Å². The van der Waals surface area contributed by atoms with Crippen LogP contribution in [-0.4, -0.2) is 45.8 Å². The molecule has 0 radical (unpaired) electrons. The molecule has 2 aromatic heterocycles. The van der Waals surface area contributed by atoms with E-state index in [-0.39, 0.29) is 12.5 Å². The van der Waals surface area contributed by atoms with E-state index in [2.05, 4.69) is 29.2 Å². The van der Waals surface area contributed by atoms with Gasteiger partial charge in [0.15, 0.2) is 0 Å². The minimum Gasteiger partial charge on any atom is -0.496 e. The molecule has 34 heavy (non-hydrogen) atoms. The van der Waals surface area contributed by atoms with Gasteiger partial charge in [0, 0.05) is 36.4 Å². The van der Waals surface area contributed by atoms with Crippen molar-refractivity contribution in [3.05, 3.63) is 75.7 Å². The molecule has 7 heteroatoms. The summed E-state index contributed by atoms with van der Waals surface area (Å²) in [6, 6.07) is 18.2. The van der Waals surface area contributed by atoms with E-state index < -0.39 is 0 Å². The topological polar surface area (TPSA) is 60.2 Å². The third kappa shape index (κ3) is 4.48. The molecule has 4 aromatic rings. The zero-order chi connectivity index (χ0) is 23.7. The molecule has 2 aromatic carbocycles. The van der Waals surface area contributed by atoms with Crippen LogP contribution in [0.1, 0.15) is 21.1 Å². The van der Waals surface area contributed by atoms with Crippen LogP contribution in [0.5, 0.6) is 5.75 Å². The highest BCUT2D eigenvalue weighted by Gasteiger charge is 2.23. The van der Waals surface area contributed by atoms with Crippen LogP contribution in [0, 0.1) is 13.8 Å². The zero-order valence-corrected chi connectivity index (χ0v) is 20.6. The van der Waals surface area contributed by atoms with Gasteiger partial charge in [0.05, 0.1) is 29.2 Å². The number of fused-ring (bicyclic) bond motifs is 1. The summed E-state index contributed by atoms with van der Waals surface area (Å²) in [5.41, 5.74) is 6.02. The number of aryl methyl sites for hydroxylation is 2. The molecule has 0 fully saturated rings. The molecule has 5 rings (SSSR count). The van der Waals surface area contributed by atoms with Crippen molar-refractivity contribution in [2.24, 2.45) is 0 Å². The average molecular weight is 473 g/mol. The fourth-order valence-electron chi connectivity index (χ4n) is 4.53. The molecular weight excluding hydrogens is 444 g/mol. The number of hydrogen-bond acceptors (Lipinski definition) is 5. The van der Waals surface area contributed by atoms with Crippen LogP contribution in [-0.2, 0) is 24.2 Å². The van der Waals surface area contributed by atoms with Gasteiger partial charge in [-0.25, -0.2) is 4.98 Å². The number of carbonyl (C=O) groups excluding carboxylic acids is 1. The van der Waals surface area contributed by atoms with E-state index in [9.17, 15) is 4.79 Å². The van der Waals surface area contributed by atoms with Crippen LogP contribution in [0.4, 0.5) is 0 Å². The summed E-state index contributed by atoms with van der Waals surface area (Å²) in [6.07, 6.45) is 1.68. The maximum atomic E-state index is 13.4. The Morgan fingerprint density at radius 2 is 1.82 bits per heavy atom. The second-order valence-electron chi connectivity index (χ2n) is 8.61. The lowest BCUT2D eigenvalue weighted by molar-refractivity contribution is -0.131. The minimum atomic E-state index is 0.0876. The van der Waals surface area contributed by atoms with Crippen LogP contribution in [0.25, 0.3) is 22.5 Å². The third-order valence-electron chi connectivity index (χ3n) is 6.29. The Morgan fingerprint density at radius 1 is 1.03 bits per heavy atom. The number of rotatable bonds is 5. The Bertz CT molecular complexity index is 1300. The molecular formula is C27H28N4O2S. The Balaban J connectivity index is 1.42. The Kier molecular flexibility index (Phi) is 6.20. The Hall–Kier alpha value is -3.45. The van der Waals surface area contributed by atoms with Crippen molar-refractivity contribution in [3.8, 4) is 28.3 Å². The second-order valence-corrected chi connectivity index (χ2v) is 9.89. The van der Waals surface area contributed by atoms with Crippen molar-refractivity contribution in [3.63, 3.8) is 0 Å². The molecule has 1 aliphatic rings. The highest BCUT2D eigenvalue weighted by molar-refractivity contribution is 7.11. The van der Waals surface area contributed by atoms with Gasteiger partial charge in [-0.2, -0.15) is 5.10 Å². The van der Waals surface area contributed by atoms with Crippen molar-refractivity contribution >= 4 is 17.2 Å². The van der Waals surface area contributed by atoms with Gasteiger partial charge in [0.2, 0.25) is 5.91 Å². The Morgan fingerprint density at radius 3 is 2.59 bits per heavy atom. The standard InChI is InChI=1S/C27H28N4O2S/c1-18-15-21(9-10-25(18)33-3)23-16-24(20-7-5-4-6-8-20)31(29-23)17-27(32)30-13-11-22-26(12-14-30)34-19(2)28-22/h4-10,15-16H,11-14,17H2,1-3H3. The van der Waals surface area contributed by atoms with Crippen LogP contribution < -0.4 is 4.74 Å². The van der Waals surface area contributed by atoms with Gasteiger partial charge >= 0.3 is 0 Å².